The first kappa shape index (κ1) is 12.7. The van der Waals surface area contributed by atoms with Gasteiger partial charge in [0, 0.05) is 11.1 Å². The standard InChI is InChI=1S/C13H15N.C2H6/c1-9(2)12-7-5-11-8-10(3)4-6-13(11)14-12;1-2/h4-9H,1-3H3;1-2H3. The molecule has 1 heteroatoms. The molecule has 0 amide bonds. The molecule has 1 aromatic heterocycles. The summed E-state index contributed by atoms with van der Waals surface area (Å²) in [6.45, 7) is 10.4. The van der Waals surface area contributed by atoms with E-state index in [-0.39, 0.29) is 0 Å². The largest absolute Gasteiger partial charge is 0.253 e. The first-order valence-corrected chi connectivity index (χ1v) is 6.04. The van der Waals surface area contributed by atoms with Gasteiger partial charge in [-0.1, -0.05) is 45.4 Å². The fraction of sp³-hybridized carbons (Fsp3) is 0.400. The van der Waals surface area contributed by atoms with Crippen LogP contribution in [0, 0.1) is 6.92 Å². The van der Waals surface area contributed by atoms with Crippen LogP contribution in [0.3, 0.4) is 0 Å². The van der Waals surface area contributed by atoms with E-state index in [0.717, 1.165) is 5.52 Å². The molecule has 0 radical (unpaired) electrons. The van der Waals surface area contributed by atoms with E-state index in [1.165, 1.54) is 16.6 Å². The van der Waals surface area contributed by atoms with Crippen molar-refractivity contribution in [2.45, 2.75) is 40.5 Å². The molecule has 1 aromatic carbocycles. The minimum Gasteiger partial charge on any atom is -0.253 e. The van der Waals surface area contributed by atoms with Gasteiger partial charge in [-0.15, -0.1) is 0 Å². The number of pyridine rings is 1. The molecule has 0 spiro atoms. The van der Waals surface area contributed by atoms with Crippen LogP contribution >= 0.6 is 0 Å². The van der Waals surface area contributed by atoms with Crippen molar-refractivity contribution >= 4 is 10.9 Å². The SMILES string of the molecule is CC.Cc1ccc2nc(C(C)C)ccc2c1. The van der Waals surface area contributed by atoms with E-state index in [1.807, 2.05) is 13.8 Å². The number of benzene rings is 1. The molecule has 16 heavy (non-hydrogen) atoms. The van der Waals surface area contributed by atoms with E-state index < -0.39 is 0 Å². The van der Waals surface area contributed by atoms with Crippen molar-refractivity contribution in [1.82, 2.24) is 4.98 Å². The summed E-state index contributed by atoms with van der Waals surface area (Å²) in [7, 11) is 0. The fourth-order valence-corrected chi connectivity index (χ4v) is 1.58. The average molecular weight is 215 g/mol. The lowest BCUT2D eigenvalue weighted by Gasteiger charge is -2.05. The second-order valence-electron chi connectivity index (χ2n) is 4.09. The number of rotatable bonds is 1. The predicted octanol–water partition coefficient (Wildman–Crippen LogP) is 4.69. The maximum absolute atomic E-state index is 4.62. The third kappa shape index (κ3) is 2.82. The van der Waals surface area contributed by atoms with Crippen LogP contribution in [0.15, 0.2) is 30.3 Å². The molecule has 2 aromatic rings. The minimum absolute atomic E-state index is 0.501. The van der Waals surface area contributed by atoms with Crippen molar-refractivity contribution in [1.29, 1.82) is 0 Å². The highest BCUT2D eigenvalue weighted by atomic mass is 14.7. The Labute approximate surface area is 98.5 Å². The second-order valence-corrected chi connectivity index (χ2v) is 4.09. The van der Waals surface area contributed by atoms with Crippen LogP contribution in [-0.4, -0.2) is 4.98 Å². The van der Waals surface area contributed by atoms with Crippen LogP contribution in [0.2, 0.25) is 0 Å². The fourth-order valence-electron chi connectivity index (χ4n) is 1.58. The van der Waals surface area contributed by atoms with E-state index in [2.05, 4.69) is 56.1 Å². The Hall–Kier alpha value is -1.37. The van der Waals surface area contributed by atoms with Crippen LogP contribution < -0.4 is 0 Å². The molecule has 0 aliphatic heterocycles. The molecule has 1 heterocycles. The molecule has 0 atom stereocenters. The molecule has 0 aliphatic carbocycles. The van der Waals surface area contributed by atoms with Crippen molar-refractivity contribution in [2.75, 3.05) is 0 Å². The quantitative estimate of drug-likeness (QED) is 0.672. The Morgan fingerprint density at radius 1 is 1.00 bits per heavy atom. The highest BCUT2D eigenvalue weighted by Gasteiger charge is 2.01. The summed E-state index contributed by atoms with van der Waals surface area (Å²) >= 11 is 0. The van der Waals surface area contributed by atoms with Gasteiger partial charge >= 0.3 is 0 Å². The van der Waals surface area contributed by atoms with Crippen molar-refractivity contribution in [3.8, 4) is 0 Å². The molecule has 0 fully saturated rings. The van der Waals surface area contributed by atoms with Gasteiger partial charge in [0.25, 0.3) is 0 Å². The zero-order valence-corrected chi connectivity index (χ0v) is 10.9. The van der Waals surface area contributed by atoms with Gasteiger partial charge in [-0.25, -0.2) is 0 Å². The molecule has 0 unspecified atom stereocenters. The first-order valence-electron chi connectivity index (χ1n) is 6.04. The zero-order valence-electron chi connectivity index (χ0n) is 10.9. The lowest BCUT2D eigenvalue weighted by Crippen LogP contribution is -1.92. The lowest BCUT2D eigenvalue weighted by atomic mass is 10.1. The molecule has 0 aliphatic rings. The van der Waals surface area contributed by atoms with Crippen LogP contribution in [0.1, 0.15) is 44.9 Å². The van der Waals surface area contributed by atoms with Crippen molar-refractivity contribution < 1.29 is 0 Å². The van der Waals surface area contributed by atoms with Crippen molar-refractivity contribution in [3.05, 3.63) is 41.6 Å². The minimum atomic E-state index is 0.501. The third-order valence-corrected chi connectivity index (χ3v) is 2.46. The molecular formula is C15H21N. The summed E-state index contributed by atoms with van der Waals surface area (Å²) in [5.74, 6) is 0.501. The highest BCUT2D eigenvalue weighted by molar-refractivity contribution is 5.79. The van der Waals surface area contributed by atoms with Crippen LogP contribution in [0.5, 0.6) is 0 Å². The van der Waals surface area contributed by atoms with Gasteiger partial charge in [-0.2, -0.15) is 0 Å². The zero-order chi connectivity index (χ0) is 12.1. The number of aromatic nitrogens is 1. The predicted molar refractivity (Wildman–Crippen MR) is 71.9 cm³/mol. The summed E-state index contributed by atoms with van der Waals surface area (Å²) in [6, 6.07) is 10.7. The number of hydrogen-bond acceptors (Lipinski definition) is 1. The number of hydrogen-bond donors (Lipinski definition) is 0. The number of aryl methyl sites for hydroxylation is 1. The maximum atomic E-state index is 4.62. The maximum Gasteiger partial charge on any atom is 0.0705 e. The van der Waals surface area contributed by atoms with E-state index in [4.69, 9.17) is 0 Å². The monoisotopic (exact) mass is 215 g/mol. The summed E-state index contributed by atoms with van der Waals surface area (Å²) in [5.41, 5.74) is 3.56. The molecule has 0 saturated carbocycles. The highest BCUT2D eigenvalue weighted by Crippen LogP contribution is 2.18. The van der Waals surface area contributed by atoms with Gasteiger partial charge in [0.15, 0.2) is 0 Å². The average Bonchev–Trinajstić information content (AvgIpc) is 2.30. The Bertz CT molecular complexity index is 458. The van der Waals surface area contributed by atoms with E-state index in [0.29, 0.717) is 5.92 Å². The molecule has 1 nitrogen and oxygen atoms in total. The number of fused-ring (bicyclic) bond motifs is 1. The van der Waals surface area contributed by atoms with Gasteiger partial charge in [0.1, 0.15) is 0 Å². The molecule has 86 valence electrons. The first-order chi connectivity index (χ1) is 7.66. The third-order valence-electron chi connectivity index (χ3n) is 2.46. The Morgan fingerprint density at radius 3 is 2.31 bits per heavy atom. The molecule has 2 rings (SSSR count). The molecule has 0 saturated heterocycles. The normalized spacial score (nSPS) is 10.1. The van der Waals surface area contributed by atoms with Crippen molar-refractivity contribution in [2.24, 2.45) is 0 Å². The number of nitrogens with zero attached hydrogens (tertiary/aromatic N) is 1. The van der Waals surface area contributed by atoms with Crippen LogP contribution in [0.4, 0.5) is 0 Å². The lowest BCUT2D eigenvalue weighted by molar-refractivity contribution is 0.830. The molecule has 0 N–H and O–H groups in total. The van der Waals surface area contributed by atoms with Crippen LogP contribution in [-0.2, 0) is 0 Å². The van der Waals surface area contributed by atoms with Gasteiger partial charge in [0.05, 0.1) is 5.52 Å². The van der Waals surface area contributed by atoms with E-state index in [1.54, 1.807) is 0 Å². The second kappa shape index (κ2) is 5.64. The summed E-state index contributed by atoms with van der Waals surface area (Å²) in [6.07, 6.45) is 0. The van der Waals surface area contributed by atoms with Crippen LogP contribution in [0.25, 0.3) is 10.9 Å². The van der Waals surface area contributed by atoms with Gasteiger partial charge in [-0.05, 0) is 31.0 Å². The summed E-state index contributed by atoms with van der Waals surface area (Å²) < 4.78 is 0. The Kier molecular flexibility index (Phi) is 4.48. The molecular weight excluding hydrogens is 194 g/mol. The summed E-state index contributed by atoms with van der Waals surface area (Å²) in [5, 5.41) is 1.23. The van der Waals surface area contributed by atoms with Gasteiger partial charge < -0.3 is 0 Å². The van der Waals surface area contributed by atoms with Crippen molar-refractivity contribution in [3.63, 3.8) is 0 Å². The Balaban J connectivity index is 0.000000606. The van der Waals surface area contributed by atoms with E-state index in [9.17, 15) is 0 Å². The topological polar surface area (TPSA) is 12.9 Å². The molecule has 0 bridgehead atoms. The van der Waals surface area contributed by atoms with E-state index >= 15 is 0 Å². The Morgan fingerprint density at radius 2 is 1.69 bits per heavy atom. The van der Waals surface area contributed by atoms with Gasteiger partial charge in [0.2, 0.25) is 0 Å². The summed E-state index contributed by atoms with van der Waals surface area (Å²) in [4.78, 5) is 4.62. The van der Waals surface area contributed by atoms with Gasteiger partial charge in [-0.3, -0.25) is 4.98 Å². The smallest absolute Gasteiger partial charge is 0.0705 e.